The zero-order valence-electron chi connectivity index (χ0n) is 10.5. The van der Waals surface area contributed by atoms with Crippen molar-refractivity contribution in [1.29, 1.82) is 0 Å². The Hall–Kier alpha value is -1.04. The Bertz CT molecular complexity index is 436. The molecular formula is C16H20. The van der Waals surface area contributed by atoms with Gasteiger partial charge in [-0.1, -0.05) is 55.3 Å². The minimum absolute atomic E-state index is 0.461. The van der Waals surface area contributed by atoms with E-state index in [9.17, 15) is 0 Å². The summed E-state index contributed by atoms with van der Waals surface area (Å²) in [6, 6.07) is 11.1. The lowest BCUT2D eigenvalue weighted by molar-refractivity contribution is 0.108. The summed E-state index contributed by atoms with van der Waals surface area (Å²) in [6.45, 7) is 7.19. The third kappa shape index (κ3) is 1.22. The van der Waals surface area contributed by atoms with Gasteiger partial charge in [0.05, 0.1) is 0 Å². The second-order valence-electron chi connectivity index (χ2n) is 6.01. The molecule has 0 radical (unpaired) electrons. The van der Waals surface area contributed by atoms with Crippen LogP contribution in [0.2, 0.25) is 0 Å². The maximum absolute atomic E-state index is 2.43. The predicted octanol–water partition coefficient (Wildman–Crippen LogP) is 4.54. The molecule has 3 aliphatic rings. The first-order valence-corrected chi connectivity index (χ1v) is 6.34. The third-order valence-electron chi connectivity index (χ3n) is 4.88. The molecule has 3 aliphatic carbocycles. The zero-order chi connectivity index (χ0) is 11.3. The number of hydrogen-bond donors (Lipinski definition) is 0. The van der Waals surface area contributed by atoms with Crippen molar-refractivity contribution >= 4 is 0 Å². The van der Waals surface area contributed by atoms with Gasteiger partial charge in [-0.3, -0.25) is 0 Å². The van der Waals surface area contributed by atoms with E-state index in [0.29, 0.717) is 5.41 Å². The lowest BCUT2D eigenvalue weighted by Crippen LogP contribution is -2.45. The van der Waals surface area contributed by atoms with Crippen LogP contribution in [-0.4, -0.2) is 0 Å². The lowest BCUT2D eigenvalue weighted by atomic mass is 9.48. The monoisotopic (exact) mass is 212 g/mol. The van der Waals surface area contributed by atoms with Crippen molar-refractivity contribution in [2.75, 3.05) is 0 Å². The molecule has 1 fully saturated rings. The lowest BCUT2D eigenvalue weighted by Gasteiger charge is -2.56. The highest BCUT2D eigenvalue weighted by Crippen LogP contribution is 2.63. The molecule has 1 saturated carbocycles. The molecule has 0 nitrogen and oxygen atoms in total. The first kappa shape index (κ1) is 10.1. The maximum Gasteiger partial charge on any atom is -0.00851 e. The van der Waals surface area contributed by atoms with Crippen LogP contribution >= 0.6 is 0 Å². The highest BCUT2D eigenvalue weighted by Gasteiger charge is 2.51. The maximum atomic E-state index is 2.43. The minimum atomic E-state index is 0.461. The Morgan fingerprint density at radius 1 is 1.06 bits per heavy atom. The zero-order valence-corrected chi connectivity index (χ0v) is 10.5. The van der Waals surface area contributed by atoms with Crippen LogP contribution in [0.1, 0.15) is 45.1 Å². The molecule has 1 aromatic rings. The second-order valence-corrected chi connectivity index (χ2v) is 6.01. The molecule has 84 valence electrons. The van der Waals surface area contributed by atoms with Gasteiger partial charge >= 0.3 is 0 Å². The van der Waals surface area contributed by atoms with Crippen molar-refractivity contribution < 1.29 is 0 Å². The van der Waals surface area contributed by atoms with Gasteiger partial charge in [0.25, 0.3) is 0 Å². The van der Waals surface area contributed by atoms with E-state index in [2.05, 4.69) is 51.1 Å². The molecule has 0 amide bonds. The quantitative estimate of drug-likeness (QED) is 0.600. The fraction of sp³-hybridized carbons (Fsp3) is 0.500. The third-order valence-corrected chi connectivity index (χ3v) is 4.88. The summed E-state index contributed by atoms with van der Waals surface area (Å²) < 4.78 is 0. The van der Waals surface area contributed by atoms with Crippen molar-refractivity contribution in [2.24, 2.45) is 11.3 Å². The highest BCUT2D eigenvalue weighted by molar-refractivity contribution is 5.39. The average molecular weight is 212 g/mol. The van der Waals surface area contributed by atoms with E-state index in [-0.39, 0.29) is 0 Å². The summed E-state index contributed by atoms with van der Waals surface area (Å²) in [7, 11) is 0. The van der Waals surface area contributed by atoms with Gasteiger partial charge < -0.3 is 0 Å². The summed E-state index contributed by atoms with van der Waals surface area (Å²) >= 11 is 0. The van der Waals surface area contributed by atoms with E-state index in [4.69, 9.17) is 0 Å². The van der Waals surface area contributed by atoms with Gasteiger partial charge in [-0.15, -0.1) is 0 Å². The number of benzene rings is 1. The molecule has 0 spiro atoms. The molecule has 16 heavy (non-hydrogen) atoms. The van der Waals surface area contributed by atoms with E-state index in [0.717, 1.165) is 11.8 Å². The van der Waals surface area contributed by atoms with Gasteiger partial charge in [-0.2, -0.15) is 0 Å². The largest absolute Gasteiger partial charge is 0.0729 e. The first-order valence-electron chi connectivity index (χ1n) is 6.34. The molecule has 2 atom stereocenters. The van der Waals surface area contributed by atoms with Crippen LogP contribution in [0.25, 0.3) is 0 Å². The molecule has 0 saturated heterocycles. The van der Waals surface area contributed by atoms with Gasteiger partial charge in [-0.05, 0) is 42.6 Å². The molecule has 0 heteroatoms. The standard InChI is InChI=1S/C16H20/c1-11-9-13(12-7-5-4-6-8-12)15-10-14(11)16(15,2)3/h4-8,13,15H,9-10H2,1-3H3. The molecule has 0 aliphatic heterocycles. The van der Waals surface area contributed by atoms with Crippen LogP contribution in [0.3, 0.4) is 0 Å². The molecule has 4 rings (SSSR count). The van der Waals surface area contributed by atoms with Crippen molar-refractivity contribution in [2.45, 2.75) is 39.5 Å². The SMILES string of the molecule is CC1=C2CC(C(c3ccccc3)C1)C2(C)C. The van der Waals surface area contributed by atoms with Gasteiger partial charge in [0.15, 0.2) is 0 Å². The van der Waals surface area contributed by atoms with Crippen molar-refractivity contribution in [3.8, 4) is 0 Å². The van der Waals surface area contributed by atoms with Crippen LogP contribution in [0.15, 0.2) is 41.5 Å². The topological polar surface area (TPSA) is 0 Å². The molecule has 0 heterocycles. The fourth-order valence-corrected chi connectivity index (χ4v) is 3.85. The van der Waals surface area contributed by atoms with Gasteiger partial charge in [0, 0.05) is 0 Å². The van der Waals surface area contributed by atoms with E-state index in [1.54, 1.807) is 16.7 Å². The summed E-state index contributed by atoms with van der Waals surface area (Å²) in [5, 5.41) is 0. The molecule has 1 aromatic carbocycles. The summed E-state index contributed by atoms with van der Waals surface area (Å²) in [5.41, 5.74) is 5.40. The average Bonchev–Trinajstić information content (AvgIpc) is 2.29. The Labute approximate surface area is 98.4 Å². The molecule has 0 aromatic heterocycles. The van der Waals surface area contributed by atoms with Crippen LogP contribution in [-0.2, 0) is 0 Å². The number of fused-ring (bicyclic) bond motifs is 2. The molecule has 2 unspecified atom stereocenters. The molecular weight excluding hydrogens is 192 g/mol. The van der Waals surface area contributed by atoms with E-state index < -0.39 is 0 Å². The Morgan fingerprint density at radius 2 is 1.75 bits per heavy atom. The van der Waals surface area contributed by atoms with E-state index >= 15 is 0 Å². The van der Waals surface area contributed by atoms with Crippen LogP contribution < -0.4 is 0 Å². The first-order chi connectivity index (χ1) is 7.60. The van der Waals surface area contributed by atoms with Gasteiger partial charge in [-0.25, -0.2) is 0 Å². The summed E-state index contributed by atoms with van der Waals surface area (Å²) in [5.74, 6) is 1.63. The summed E-state index contributed by atoms with van der Waals surface area (Å²) in [6.07, 6.45) is 2.63. The minimum Gasteiger partial charge on any atom is -0.0729 e. The predicted molar refractivity (Wildman–Crippen MR) is 68.4 cm³/mol. The normalized spacial score (nSPS) is 31.2. The molecule has 0 N–H and O–H groups in total. The smallest absolute Gasteiger partial charge is 0.00851 e. The Morgan fingerprint density at radius 3 is 2.31 bits per heavy atom. The number of allylic oxidation sites excluding steroid dienone is 2. The number of rotatable bonds is 1. The van der Waals surface area contributed by atoms with Gasteiger partial charge in [0.2, 0.25) is 0 Å². The van der Waals surface area contributed by atoms with Crippen LogP contribution in [0.5, 0.6) is 0 Å². The Balaban J connectivity index is 1.99. The molecule has 2 bridgehead atoms. The van der Waals surface area contributed by atoms with Crippen LogP contribution in [0, 0.1) is 11.3 Å². The highest BCUT2D eigenvalue weighted by atomic mass is 14.6. The summed E-state index contributed by atoms with van der Waals surface area (Å²) in [4.78, 5) is 0. The van der Waals surface area contributed by atoms with E-state index in [1.165, 1.54) is 12.8 Å². The Kier molecular flexibility index (Phi) is 2.04. The van der Waals surface area contributed by atoms with Crippen LogP contribution in [0.4, 0.5) is 0 Å². The fourth-order valence-electron chi connectivity index (χ4n) is 3.85. The second kappa shape index (κ2) is 3.23. The van der Waals surface area contributed by atoms with E-state index in [1.807, 2.05) is 0 Å². The van der Waals surface area contributed by atoms with Gasteiger partial charge in [0.1, 0.15) is 0 Å². The number of hydrogen-bond acceptors (Lipinski definition) is 0. The van der Waals surface area contributed by atoms with Crippen molar-refractivity contribution in [3.63, 3.8) is 0 Å². The van der Waals surface area contributed by atoms with Crippen molar-refractivity contribution in [1.82, 2.24) is 0 Å². The van der Waals surface area contributed by atoms with Crippen molar-refractivity contribution in [3.05, 3.63) is 47.0 Å².